The maximum atomic E-state index is 13.5. The van der Waals surface area contributed by atoms with E-state index in [4.69, 9.17) is 4.74 Å². The number of carboxylic acid groups (broad SMARTS) is 1. The highest BCUT2D eigenvalue weighted by Crippen LogP contribution is 2.39. The molecule has 1 saturated carbocycles. The molecular formula is C32H45NO4S. The van der Waals surface area contributed by atoms with E-state index in [1.807, 2.05) is 49.6 Å². The highest BCUT2D eigenvalue weighted by atomic mass is 32.2. The van der Waals surface area contributed by atoms with Crippen molar-refractivity contribution in [3.63, 3.8) is 0 Å². The fraction of sp³-hybridized carbons (Fsp3) is 0.562. The highest BCUT2D eigenvalue weighted by Gasteiger charge is 2.28. The van der Waals surface area contributed by atoms with Gasteiger partial charge in [0.05, 0.1) is 6.10 Å². The molecule has 38 heavy (non-hydrogen) atoms. The van der Waals surface area contributed by atoms with E-state index >= 15 is 0 Å². The van der Waals surface area contributed by atoms with Crippen molar-refractivity contribution in [2.24, 2.45) is 5.92 Å². The first kappa shape index (κ1) is 30.2. The molecule has 0 spiro atoms. The Labute approximate surface area is 233 Å². The summed E-state index contributed by atoms with van der Waals surface area (Å²) in [5, 5.41) is 12.5. The first-order chi connectivity index (χ1) is 18.5. The van der Waals surface area contributed by atoms with Gasteiger partial charge in [-0.3, -0.25) is 4.79 Å². The molecule has 1 fully saturated rings. The van der Waals surface area contributed by atoms with Gasteiger partial charge in [-0.05, 0) is 84.9 Å². The predicted molar refractivity (Wildman–Crippen MR) is 158 cm³/mol. The Morgan fingerprint density at radius 2 is 1.82 bits per heavy atom. The van der Waals surface area contributed by atoms with Gasteiger partial charge in [0.25, 0.3) is 5.91 Å². The summed E-state index contributed by atoms with van der Waals surface area (Å²) in [6, 6.07) is 13.2. The molecule has 0 saturated heterocycles. The Balaban J connectivity index is 1.96. The molecule has 2 atom stereocenters. The molecule has 0 bridgehead atoms. The quantitative estimate of drug-likeness (QED) is 0.226. The van der Waals surface area contributed by atoms with E-state index in [0.29, 0.717) is 23.7 Å². The number of thioether (sulfide) groups is 1. The third-order valence-corrected chi connectivity index (χ3v) is 8.28. The molecule has 5 nitrogen and oxygen atoms in total. The van der Waals surface area contributed by atoms with Crippen LogP contribution in [0, 0.1) is 12.8 Å². The Bertz CT molecular complexity index is 1030. The van der Waals surface area contributed by atoms with Gasteiger partial charge in [-0.2, -0.15) is 11.8 Å². The molecule has 2 aromatic carbocycles. The van der Waals surface area contributed by atoms with E-state index in [2.05, 4.69) is 18.3 Å². The van der Waals surface area contributed by atoms with Crippen LogP contribution >= 0.6 is 11.8 Å². The van der Waals surface area contributed by atoms with E-state index in [-0.39, 0.29) is 12.0 Å². The molecule has 0 radical (unpaired) electrons. The zero-order chi connectivity index (χ0) is 27.3. The van der Waals surface area contributed by atoms with Gasteiger partial charge in [0, 0.05) is 12.2 Å². The molecule has 1 aliphatic carbocycles. The lowest BCUT2D eigenvalue weighted by Crippen LogP contribution is -2.41. The number of unbranched alkanes of at least 4 members (excludes halogenated alkanes) is 3. The van der Waals surface area contributed by atoms with Crippen molar-refractivity contribution in [3.05, 3.63) is 59.2 Å². The fourth-order valence-corrected chi connectivity index (χ4v) is 5.92. The van der Waals surface area contributed by atoms with Crippen molar-refractivity contribution in [1.29, 1.82) is 0 Å². The van der Waals surface area contributed by atoms with Crippen molar-refractivity contribution < 1.29 is 19.4 Å². The monoisotopic (exact) mass is 539 g/mol. The van der Waals surface area contributed by atoms with Gasteiger partial charge in [0.2, 0.25) is 0 Å². The molecule has 1 amide bonds. The van der Waals surface area contributed by atoms with Crippen LogP contribution in [0.4, 0.5) is 0 Å². The Morgan fingerprint density at radius 1 is 1.05 bits per heavy atom. The maximum absolute atomic E-state index is 13.5. The number of benzene rings is 2. The number of nitrogens with one attached hydrogen (secondary N) is 1. The Morgan fingerprint density at radius 3 is 2.50 bits per heavy atom. The van der Waals surface area contributed by atoms with Crippen LogP contribution in [0.25, 0.3) is 11.1 Å². The third kappa shape index (κ3) is 8.60. The minimum Gasteiger partial charge on any atom is -0.480 e. The fourth-order valence-electron chi connectivity index (χ4n) is 5.44. The van der Waals surface area contributed by atoms with Crippen LogP contribution in [0.2, 0.25) is 0 Å². The number of aryl methyl sites for hydroxylation is 1. The standard InChI is InChI=1S/C32H45NO4S/c1-4-5-6-12-20-37-30(24-14-8-7-9-15-24)25-17-18-27(28(22-25)26-16-11-10-13-23(26)2)31(34)33-29(32(35)36)19-21-38-3/h10-11,13,16-18,22,24,29-30H,4-9,12,14-15,19-21H2,1-3H3,(H,33,34)(H,35,36)/t29-,30?/m0/s1. The number of carbonyl (C=O) groups excluding carboxylic acids is 1. The summed E-state index contributed by atoms with van der Waals surface area (Å²) >= 11 is 1.57. The van der Waals surface area contributed by atoms with Gasteiger partial charge < -0.3 is 15.2 Å². The average Bonchev–Trinajstić information content (AvgIpc) is 2.93. The first-order valence-electron chi connectivity index (χ1n) is 14.3. The molecule has 6 heteroatoms. The van der Waals surface area contributed by atoms with Crippen molar-refractivity contribution in [2.45, 2.75) is 90.2 Å². The van der Waals surface area contributed by atoms with Crippen LogP contribution in [0.5, 0.6) is 0 Å². The van der Waals surface area contributed by atoms with Gasteiger partial charge in [0.1, 0.15) is 6.04 Å². The Kier molecular flexibility index (Phi) is 12.7. The number of carboxylic acids is 1. The largest absolute Gasteiger partial charge is 0.480 e. The van der Waals surface area contributed by atoms with E-state index < -0.39 is 12.0 Å². The lowest BCUT2D eigenvalue weighted by molar-refractivity contribution is -0.139. The lowest BCUT2D eigenvalue weighted by Gasteiger charge is -2.31. The predicted octanol–water partition coefficient (Wildman–Crippen LogP) is 7.82. The average molecular weight is 540 g/mol. The highest BCUT2D eigenvalue weighted by molar-refractivity contribution is 7.98. The normalized spacial score (nSPS) is 15.7. The summed E-state index contributed by atoms with van der Waals surface area (Å²) < 4.78 is 6.60. The number of aliphatic carboxylic acids is 1. The summed E-state index contributed by atoms with van der Waals surface area (Å²) in [6.45, 7) is 5.02. The second-order valence-electron chi connectivity index (χ2n) is 10.5. The van der Waals surface area contributed by atoms with Crippen LogP contribution in [-0.4, -0.2) is 41.6 Å². The smallest absolute Gasteiger partial charge is 0.326 e. The molecule has 0 aromatic heterocycles. The van der Waals surface area contributed by atoms with Gasteiger partial charge in [-0.1, -0.05) is 75.8 Å². The van der Waals surface area contributed by atoms with E-state index in [1.54, 1.807) is 11.8 Å². The number of hydrogen-bond acceptors (Lipinski definition) is 4. The zero-order valence-electron chi connectivity index (χ0n) is 23.3. The number of carbonyl (C=O) groups is 2. The molecule has 2 N–H and O–H groups in total. The van der Waals surface area contributed by atoms with Crippen molar-refractivity contribution >= 4 is 23.6 Å². The lowest BCUT2D eigenvalue weighted by atomic mass is 9.81. The second-order valence-corrected chi connectivity index (χ2v) is 11.5. The van der Waals surface area contributed by atoms with Crippen LogP contribution in [0.15, 0.2) is 42.5 Å². The first-order valence-corrected chi connectivity index (χ1v) is 15.7. The molecule has 0 heterocycles. The van der Waals surface area contributed by atoms with Crippen molar-refractivity contribution in [2.75, 3.05) is 18.6 Å². The number of rotatable bonds is 15. The second kappa shape index (κ2) is 15.9. The summed E-state index contributed by atoms with van der Waals surface area (Å²) in [7, 11) is 0. The van der Waals surface area contributed by atoms with E-state index in [0.717, 1.165) is 48.1 Å². The molecular weight excluding hydrogens is 494 g/mol. The van der Waals surface area contributed by atoms with Gasteiger partial charge in [0.15, 0.2) is 0 Å². The summed E-state index contributed by atoms with van der Waals surface area (Å²) in [4.78, 5) is 25.3. The minimum atomic E-state index is -1.00. The Hall–Kier alpha value is -2.31. The molecule has 0 aliphatic heterocycles. The van der Waals surface area contributed by atoms with Crippen LogP contribution in [-0.2, 0) is 9.53 Å². The van der Waals surface area contributed by atoms with E-state index in [1.165, 1.54) is 38.5 Å². The van der Waals surface area contributed by atoms with Crippen LogP contribution in [0.3, 0.4) is 0 Å². The molecule has 208 valence electrons. The topological polar surface area (TPSA) is 75.6 Å². The van der Waals surface area contributed by atoms with Crippen LogP contribution in [0.1, 0.15) is 98.7 Å². The maximum Gasteiger partial charge on any atom is 0.326 e. The molecule has 1 unspecified atom stereocenters. The van der Waals surface area contributed by atoms with Gasteiger partial charge >= 0.3 is 5.97 Å². The molecule has 1 aliphatic rings. The van der Waals surface area contributed by atoms with Crippen LogP contribution < -0.4 is 5.32 Å². The van der Waals surface area contributed by atoms with Gasteiger partial charge in [-0.15, -0.1) is 0 Å². The van der Waals surface area contributed by atoms with E-state index in [9.17, 15) is 14.7 Å². The summed E-state index contributed by atoms with van der Waals surface area (Å²) in [6.07, 6.45) is 13.1. The molecule has 3 rings (SSSR count). The SMILES string of the molecule is CCCCCCOC(c1ccc(C(=O)N[C@@H](CCSC)C(=O)O)c(-c2ccccc2C)c1)C1CCCCC1. The summed E-state index contributed by atoms with van der Waals surface area (Å²) in [5.41, 5.74) is 4.51. The third-order valence-electron chi connectivity index (χ3n) is 7.64. The number of amides is 1. The van der Waals surface area contributed by atoms with Crippen molar-refractivity contribution in [3.8, 4) is 11.1 Å². The minimum absolute atomic E-state index is 0.00477. The summed E-state index contributed by atoms with van der Waals surface area (Å²) in [5.74, 6) is -0.213. The number of hydrogen-bond donors (Lipinski definition) is 2. The number of ether oxygens (including phenoxy) is 1. The van der Waals surface area contributed by atoms with Gasteiger partial charge in [-0.25, -0.2) is 4.79 Å². The molecule has 2 aromatic rings. The zero-order valence-corrected chi connectivity index (χ0v) is 24.2. The van der Waals surface area contributed by atoms with Crippen molar-refractivity contribution in [1.82, 2.24) is 5.32 Å².